The molecular formula is C13H20S2. The normalized spacial score (nSPS) is 27.1. The van der Waals surface area contributed by atoms with Gasteiger partial charge in [-0.15, -0.1) is 35.9 Å². The first-order valence-corrected chi connectivity index (χ1v) is 7.67. The lowest BCUT2D eigenvalue weighted by Gasteiger charge is -2.28. The first-order valence-electron chi connectivity index (χ1n) is 5.57. The highest BCUT2D eigenvalue weighted by Gasteiger charge is 2.22. The first-order chi connectivity index (χ1) is 7.24. The van der Waals surface area contributed by atoms with Gasteiger partial charge in [-0.2, -0.15) is 0 Å². The number of unbranched alkanes of at least 4 members (excludes halogenated alkanes) is 1. The fraction of sp³-hybridized carbons (Fsp3) is 0.692. The minimum atomic E-state index is 0.665. The molecule has 0 bridgehead atoms. The summed E-state index contributed by atoms with van der Waals surface area (Å²) >= 11 is 4.16. The Hall–Kier alpha value is -0.000000000000000111. The Kier molecular flexibility index (Phi) is 6.36. The average molecular weight is 240 g/mol. The van der Waals surface area contributed by atoms with Crippen LogP contribution in [0.15, 0.2) is 12.2 Å². The van der Waals surface area contributed by atoms with Crippen molar-refractivity contribution < 1.29 is 0 Å². The summed E-state index contributed by atoms with van der Waals surface area (Å²) in [6.45, 7) is 4.66. The molecule has 0 amide bonds. The van der Waals surface area contributed by atoms with Gasteiger partial charge in [-0.25, -0.2) is 0 Å². The Morgan fingerprint density at radius 1 is 1.40 bits per heavy atom. The summed E-state index contributed by atoms with van der Waals surface area (Å²) in [5.74, 6) is 7.02. The van der Waals surface area contributed by atoms with E-state index in [4.69, 9.17) is 6.42 Å². The molecule has 0 aromatic carbocycles. The van der Waals surface area contributed by atoms with Crippen LogP contribution in [0.25, 0.3) is 0 Å². The molecule has 1 aliphatic heterocycles. The standard InChI is InChI=1S/C13H20S2/c1-4-5-6-7-8-13-14-9-12(10-15-13)11(2)3/h1,7-8,11-13H,5-6,9-10H2,2-3H3/b8-7+/t12-,13-. The second-order valence-electron chi connectivity index (χ2n) is 4.21. The molecule has 84 valence electrons. The van der Waals surface area contributed by atoms with Gasteiger partial charge in [0, 0.05) is 6.42 Å². The predicted octanol–water partition coefficient (Wildman–Crippen LogP) is 4.03. The SMILES string of the molecule is C#CCC/C=C/[C@H]1SC[C@H](C(C)C)CS1. The number of thioether (sulfide) groups is 2. The molecule has 0 nitrogen and oxygen atoms in total. The third kappa shape index (κ3) is 5.04. The first kappa shape index (κ1) is 13.1. The van der Waals surface area contributed by atoms with Crippen molar-refractivity contribution in [1.29, 1.82) is 0 Å². The number of rotatable bonds is 4. The molecule has 1 aliphatic rings. The molecule has 1 saturated heterocycles. The van der Waals surface area contributed by atoms with E-state index in [1.54, 1.807) is 0 Å². The van der Waals surface area contributed by atoms with E-state index >= 15 is 0 Å². The van der Waals surface area contributed by atoms with Crippen LogP contribution in [0.2, 0.25) is 0 Å². The van der Waals surface area contributed by atoms with Crippen molar-refractivity contribution in [2.75, 3.05) is 11.5 Å². The van der Waals surface area contributed by atoms with E-state index in [0.29, 0.717) is 4.58 Å². The van der Waals surface area contributed by atoms with E-state index in [9.17, 15) is 0 Å². The van der Waals surface area contributed by atoms with E-state index in [2.05, 4.69) is 55.4 Å². The van der Waals surface area contributed by atoms with Gasteiger partial charge < -0.3 is 0 Å². The summed E-state index contributed by atoms with van der Waals surface area (Å²) in [4.78, 5) is 0. The molecule has 1 heterocycles. The highest BCUT2D eigenvalue weighted by Crippen LogP contribution is 2.37. The highest BCUT2D eigenvalue weighted by atomic mass is 32.2. The van der Waals surface area contributed by atoms with E-state index < -0.39 is 0 Å². The zero-order valence-electron chi connectivity index (χ0n) is 9.61. The number of hydrogen-bond donors (Lipinski definition) is 0. The van der Waals surface area contributed by atoms with Gasteiger partial charge in [0.1, 0.15) is 0 Å². The zero-order valence-corrected chi connectivity index (χ0v) is 11.2. The van der Waals surface area contributed by atoms with Crippen LogP contribution in [0.5, 0.6) is 0 Å². The van der Waals surface area contributed by atoms with Crippen molar-refractivity contribution in [3.05, 3.63) is 12.2 Å². The number of hydrogen-bond acceptors (Lipinski definition) is 2. The Morgan fingerprint density at radius 3 is 2.60 bits per heavy atom. The van der Waals surface area contributed by atoms with E-state index in [1.165, 1.54) is 11.5 Å². The molecule has 0 unspecified atom stereocenters. The van der Waals surface area contributed by atoms with Crippen molar-refractivity contribution in [2.24, 2.45) is 11.8 Å². The van der Waals surface area contributed by atoms with Gasteiger partial charge in [-0.05, 0) is 29.8 Å². The van der Waals surface area contributed by atoms with Crippen molar-refractivity contribution >= 4 is 23.5 Å². The van der Waals surface area contributed by atoms with E-state index in [-0.39, 0.29) is 0 Å². The van der Waals surface area contributed by atoms with Crippen molar-refractivity contribution in [3.63, 3.8) is 0 Å². The lowest BCUT2D eigenvalue weighted by atomic mass is 10.0. The molecule has 0 spiro atoms. The molecule has 0 aromatic heterocycles. The molecule has 15 heavy (non-hydrogen) atoms. The van der Waals surface area contributed by atoms with Gasteiger partial charge in [0.05, 0.1) is 4.58 Å². The maximum atomic E-state index is 5.20. The van der Waals surface area contributed by atoms with Gasteiger partial charge in [0.15, 0.2) is 0 Å². The van der Waals surface area contributed by atoms with Crippen LogP contribution in [-0.2, 0) is 0 Å². The monoisotopic (exact) mass is 240 g/mol. The van der Waals surface area contributed by atoms with Gasteiger partial charge in [0.2, 0.25) is 0 Å². The summed E-state index contributed by atoms with van der Waals surface area (Å²) in [5.41, 5.74) is 0. The molecule has 2 heteroatoms. The van der Waals surface area contributed by atoms with Gasteiger partial charge in [0.25, 0.3) is 0 Å². The quantitative estimate of drug-likeness (QED) is 0.413. The van der Waals surface area contributed by atoms with Crippen LogP contribution >= 0.6 is 23.5 Å². The molecule has 0 radical (unpaired) electrons. The van der Waals surface area contributed by atoms with Crippen LogP contribution < -0.4 is 0 Å². The Balaban J connectivity index is 2.20. The summed E-state index contributed by atoms with van der Waals surface area (Å²) in [7, 11) is 0. The van der Waals surface area contributed by atoms with Crippen molar-refractivity contribution in [3.8, 4) is 12.3 Å². The summed E-state index contributed by atoms with van der Waals surface area (Å²) < 4.78 is 0.665. The molecule has 0 aromatic rings. The predicted molar refractivity (Wildman–Crippen MR) is 74.2 cm³/mol. The third-order valence-electron chi connectivity index (χ3n) is 2.64. The second kappa shape index (κ2) is 7.30. The zero-order chi connectivity index (χ0) is 11.1. The lowest BCUT2D eigenvalue weighted by molar-refractivity contribution is 0.470. The van der Waals surface area contributed by atoms with E-state index in [0.717, 1.165) is 24.7 Å². The van der Waals surface area contributed by atoms with E-state index in [1.807, 2.05) is 0 Å². The van der Waals surface area contributed by atoms with Crippen LogP contribution in [-0.4, -0.2) is 16.1 Å². The topological polar surface area (TPSA) is 0 Å². The van der Waals surface area contributed by atoms with Crippen LogP contribution in [0.1, 0.15) is 26.7 Å². The van der Waals surface area contributed by atoms with Crippen LogP contribution in [0.3, 0.4) is 0 Å². The summed E-state index contributed by atoms with van der Waals surface area (Å²) in [6, 6.07) is 0. The van der Waals surface area contributed by atoms with Gasteiger partial charge >= 0.3 is 0 Å². The second-order valence-corrected chi connectivity index (χ2v) is 6.86. The largest absolute Gasteiger partial charge is 0.143 e. The maximum absolute atomic E-state index is 5.20. The summed E-state index contributed by atoms with van der Waals surface area (Å²) in [5, 5.41) is 0. The Labute approximate surface area is 103 Å². The summed E-state index contributed by atoms with van der Waals surface area (Å²) in [6.07, 6.45) is 11.7. The molecule has 1 rings (SSSR count). The molecule has 0 aliphatic carbocycles. The van der Waals surface area contributed by atoms with Crippen molar-refractivity contribution in [1.82, 2.24) is 0 Å². The van der Waals surface area contributed by atoms with Gasteiger partial charge in [-0.3, -0.25) is 0 Å². The van der Waals surface area contributed by atoms with Crippen molar-refractivity contribution in [2.45, 2.75) is 31.3 Å². The maximum Gasteiger partial charge on any atom is 0.0682 e. The number of terminal acetylenes is 1. The smallest absolute Gasteiger partial charge is 0.0682 e. The fourth-order valence-electron chi connectivity index (χ4n) is 1.40. The fourth-order valence-corrected chi connectivity index (χ4v) is 4.73. The van der Waals surface area contributed by atoms with Gasteiger partial charge in [-0.1, -0.05) is 26.0 Å². The van der Waals surface area contributed by atoms with Crippen LogP contribution in [0.4, 0.5) is 0 Å². The lowest BCUT2D eigenvalue weighted by Crippen LogP contribution is -2.21. The molecule has 0 N–H and O–H groups in total. The Morgan fingerprint density at radius 2 is 2.07 bits per heavy atom. The molecule has 1 fully saturated rings. The Bertz CT molecular complexity index is 229. The molecule has 0 saturated carbocycles. The average Bonchev–Trinajstić information content (AvgIpc) is 2.25. The highest BCUT2D eigenvalue weighted by molar-refractivity contribution is 8.17. The number of allylic oxidation sites excluding steroid dienone is 1. The van der Waals surface area contributed by atoms with Crippen LogP contribution in [0, 0.1) is 24.2 Å². The molecular weight excluding hydrogens is 220 g/mol. The molecule has 0 atom stereocenters. The minimum Gasteiger partial charge on any atom is -0.143 e. The minimum absolute atomic E-state index is 0.665. The third-order valence-corrected chi connectivity index (χ3v) is 5.67.